The van der Waals surface area contributed by atoms with Gasteiger partial charge in [-0.25, -0.2) is 9.13 Å². The first-order valence-corrected chi connectivity index (χ1v) is 4.30. The summed E-state index contributed by atoms with van der Waals surface area (Å²) >= 11 is 0. The fraction of sp³-hybridized carbons (Fsp3) is 0.667. The van der Waals surface area contributed by atoms with Gasteiger partial charge >= 0.3 is 0 Å². The summed E-state index contributed by atoms with van der Waals surface area (Å²) in [7, 11) is 1.72. The fourth-order valence-corrected chi connectivity index (χ4v) is 1.35. The Morgan fingerprint density at radius 2 is 2.23 bits per heavy atom. The highest BCUT2D eigenvalue weighted by molar-refractivity contribution is 4.80. The lowest BCUT2D eigenvalue weighted by Crippen LogP contribution is -2.34. The van der Waals surface area contributed by atoms with Crippen LogP contribution in [0.2, 0.25) is 0 Å². The predicted octanol–water partition coefficient (Wildman–Crippen LogP) is 1.09. The van der Waals surface area contributed by atoms with Gasteiger partial charge in [0.15, 0.2) is 6.23 Å². The van der Waals surface area contributed by atoms with Crippen molar-refractivity contribution in [3.63, 3.8) is 0 Å². The van der Waals surface area contributed by atoms with Crippen LogP contribution in [0.25, 0.3) is 0 Å². The van der Waals surface area contributed by atoms with Crippen LogP contribution < -0.4 is 4.57 Å². The van der Waals surface area contributed by atoms with Gasteiger partial charge in [-0.05, 0) is 6.92 Å². The second kappa shape index (κ2) is 4.99. The van der Waals surface area contributed by atoms with E-state index in [1.54, 1.807) is 7.11 Å². The van der Waals surface area contributed by atoms with Crippen molar-refractivity contribution >= 4 is 0 Å². The van der Waals surface area contributed by atoms with Gasteiger partial charge in [-0.1, -0.05) is 0 Å². The number of aryl methyl sites for hydroxylation is 1. The molecule has 1 N–H and O–H groups in total. The fourth-order valence-electron chi connectivity index (χ4n) is 1.35. The Kier molecular flexibility index (Phi) is 4.66. The highest BCUT2D eigenvalue weighted by Crippen LogP contribution is 2.06. The van der Waals surface area contributed by atoms with Crippen LogP contribution in [0.1, 0.15) is 25.9 Å². The van der Waals surface area contributed by atoms with Gasteiger partial charge in [-0.15, -0.1) is 0 Å². The van der Waals surface area contributed by atoms with Crippen LogP contribution >= 0.6 is 0 Å². The number of imidazole rings is 1. The summed E-state index contributed by atoms with van der Waals surface area (Å²) in [5.41, 5.74) is 0. The minimum Gasteiger partial charge on any atom is -0.870 e. The number of ether oxygens (including phenoxy) is 1. The molecule has 4 nitrogen and oxygen atoms in total. The first-order chi connectivity index (χ1) is 5.70. The summed E-state index contributed by atoms with van der Waals surface area (Å²) in [5.74, 6) is 1.23. The number of aromatic nitrogens is 2. The maximum absolute atomic E-state index is 5.22. The van der Waals surface area contributed by atoms with Crippen LogP contribution in [0.4, 0.5) is 0 Å². The maximum Gasteiger partial charge on any atom is 0.255 e. The zero-order valence-corrected chi connectivity index (χ0v) is 8.69. The molecule has 0 saturated heterocycles. The van der Waals surface area contributed by atoms with E-state index in [0.717, 1.165) is 6.54 Å². The van der Waals surface area contributed by atoms with E-state index in [4.69, 9.17) is 4.74 Å². The topological polar surface area (TPSA) is 48.0 Å². The summed E-state index contributed by atoms with van der Waals surface area (Å²) in [6, 6.07) is 0. The first-order valence-electron chi connectivity index (χ1n) is 4.30. The molecule has 0 aliphatic heterocycles. The molecule has 1 atom stereocenters. The van der Waals surface area contributed by atoms with Crippen LogP contribution in [-0.2, 0) is 11.3 Å². The van der Waals surface area contributed by atoms with Gasteiger partial charge in [0, 0.05) is 21.0 Å². The minimum absolute atomic E-state index is 0. The van der Waals surface area contributed by atoms with E-state index >= 15 is 0 Å². The van der Waals surface area contributed by atoms with Crippen LogP contribution in [-0.4, -0.2) is 17.2 Å². The van der Waals surface area contributed by atoms with E-state index in [1.807, 2.05) is 13.1 Å². The maximum atomic E-state index is 5.22. The number of rotatable bonds is 3. The smallest absolute Gasteiger partial charge is 0.255 e. The molecule has 1 aromatic rings. The quantitative estimate of drug-likeness (QED) is 0.663. The van der Waals surface area contributed by atoms with Crippen molar-refractivity contribution in [3.05, 3.63) is 18.2 Å². The highest BCUT2D eigenvalue weighted by Gasteiger charge is 2.15. The van der Waals surface area contributed by atoms with Crippen molar-refractivity contribution in [3.8, 4) is 0 Å². The van der Waals surface area contributed by atoms with Crippen LogP contribution in [0, 0.1) is 6.92 Å². The largest absolute Gasteiger partial charge is 0.870 e. The van der Waals surface area contributed by atoms with E-state index in [0.29, 0.717) is 0 Å². The Morgan fingerprint density at radius 3 is 2.62 bits per heavy atom. The molecule has 0 amide bonds. The Hall–Kier alpha value is -0.870. The third-order valence-electron chi connectivity index (χ3n) is 2.27. The van der Waals surface area contributed by atoms with E-state index in [-0.39, 0.29) is 11.7 Å². The molecule has 1 heterocycles. The van der Waals surface area contributed by atoms with Gasteiger partial charge in [0.2, 0.25) is 0 Å². The summed E-state index contributed by atoms with van der Waals surface area (Å²) < 4.78 is 9.53. The van der Waals surface area contributed by atoms with Crippen LogP contribution in [0.5, 0.6) is 0 Å². The van der Waals surface area contributed by atoms with E-state index < -0.39 is 0 Å². The third-order valence-corrected chi connectivity index (χ3v) is 2.27. The van der Waals surface area contributed by atoms with Gasteiger partial charge in [-0.3, -0.25) is 0 Å². The lowest BCUT2D eigenvalue weighted by atomic mass is 10.5. The van der Waals surface area contributed by atoms with Crippen molar-refractivity contribution in [2.45, 2.75) is 33.5 Å². The Bertz CT molecular complexity index is 258. The summed E-state index contributed by atoms with van der Waals surface area (Å²) in [4.78, 5) is 0. The Balaban J connectivity index is 0.00000144. The number of methoxy groups -OCH3 is 1. The molecule has 13 heavy (non-hydrogen) atoms. The van der Waals surface area contributed by atoms with Crippen molar-refractivity contribution in [2.24, 2.45) is 0 Å². The molecule has 1 rings (SSSR count). The van der Waals surface area contributed by atoms with Crippen molar-refractivity contribution in [1.82, 2.24) is 4.57 Å². The van der Waals surface area contributed by atoms with Crippen molar-refractivity contribution < 1.29 is 14.8 Å². The molecule has 0 aromatic carbocycles. The standard InChI is InChI=1S/C9H17N2O.H2O/c1-5-10-6-7-11(8(10)2)9(3)12-4;/h6-7,9H,5H2,1-4H3;1H2/q+1;/p-1. The minimum atomic E-state index is 0. The molecule has 0 radical (unpaired) electrons. The molecule has 0 fully saturated rings. The number of nitrogens with zero attached hydrogens (tertiary/aromatic N) is 2. The monoisotopic (exact) mass is 186 g/mol. The normalized spacial score (nSPS) is 12.3. The third kappa shape index (κ3) is 2.29. The average Bonchev–Trinajstić information content (AvgIpc) is 2.45. The zero-order valence-electron chi connectivity index (χ0n) is 8.69. The molecule has 0 aliphatic carbocycles. The average molecular weight is 186 g/mol. The van der Waals surface area contributed by atoms with Crippen LogP contribution in [0.15, 0.2) is 12.4 Å². The van der Waals surface area contributed by atoms with Crippen molar-refractivity contribution in [2.75, 3.05) is 7.11 Å². The number of hydrogen-bond donors (Lipinski definition) is 0. The molecule has 1 aromatic heterocycles. The molecule has 0 bridgehead atoms. The Morgan fingerprint density at radius 1 is 1.62 bits per heavy atom. The predicted molar refractivity (Wildman–Crippen MR) is 48.7 cm³/mol. The van der Waals surface area contributed by atoms with Gasteiger partial charge < -0.3 is 10.2 Å². The summed E-state index contributed by atoms with van der Waals surface area (Å²) in [6.45, 7) is 7.27. The second-order valence-corrected chi connectivity index (χ2v) is 2.87. The van der Waals surface area contributed by atoms with Gasteiger partial charge in [-0.2, -0.15) is 0 Å². The second-order valence-electron chi connectivity index (χ2n) is 2.87. The van der Waals surface area contributed by atoms with Gasteiger partial charge in [0.05, 0.1) is 6.54 Å². The lowest BCUT2D eigenvalue weighted by molar-refractivity contribution is -0.699. The van der Waals surface area contributed by atoms with E-state index in [2.05, 4.69) is 29.2 Å². The van der Waals surface area contributed by atoms with E-state index in [1.165, 1.54) is 5.82 Å². The van der Waals surface area contributed by atoms with Crippen LogP contribution in [0.3, 0.4) is 0 Å². The molecule has 0 spiro atoms. The molecule has 1 unspecified atom stereocenters. The van der Waals surface area contributed by atoms with Crippen molar-refractivity contribution in [1.29, 1.82) is 0 Å². The SMILES string of the molecule is CC[n+]1ccn(C(C)OC)c1C.[OH-]. The van der Waals surface area contributed by atoms with Gasteiger partial charge in [0.25, 0.3) is 5.82 Å². The van der Waals surface area contributed by atoms with E-state index in [9.17, 15) is 0 Å². The highest BCUT2D eigenvalue weighted by atomic mass is 16.5. The molecule has 4 heteroatoms. The van der Waals surface area contributed by atoms with Gasteiger partial charge in [0.1, 0.15) is 12.4 Å². The molecule has 0 saturated carbocycles. The zero-order chi connectivity index (χ0) is 9.14. The molecular weight excluding hydrogens is 168 g/mol. The summed E-state index contributed by atoms with van der Waals surface area (Å²) in [5, 5.41) is 0. The molecule has 76 valence electrons. The summed E-state index contributed by atoms with van der Waals surface area (Å²) in [6.07, 6.45) is 4.25. The lowest BCUT2D eigenvalue weighted by Gasteiger charge is -2.06. The first kappa shape index (κ1) is 12.1. The number of hydrogen-bond acceptors (Lipinski definition) is 2. The Labute approximate surface area is 79.1 Å². The molecule has 0 aliphatic rings. The molecular formula is C9H18N2O2.